The molecule has 0 bridgehead atoms. The van der Waals surface area contributed by atoms with Crippen LogP contribution in [-0.4, -0.2) is 61.5 Å². The van der Waals surface area contributed by atoms with Crippen LogP contribution < -0.4 is 5.32 Å². The Morgan fingerprint density at radius 1 is 1.41 bits per heavy atom. The zero-order valence-electron chi connectivity index (χ0n) is 11.1. The average molecular weight is 242 g/mol. The van der Waals surface area contributed by atoms with Gasteiger partial charge in [-0.3, -0.25) is 4.90 Å². The smallest absolute Gasteiger partial charge is 0.0710 e. The zero-order chi connectivity index (χ0) is 12.3. The minimum absolute atomic E-state index is 0.0720. The van der Waals surface area contributed by atoms with Crippen LogP contribution in [0.1, 0.15) is 26.2 Å². The Morgan fingerprint density at radius 3 is 2.65 bits per heavy atom. The number of ether oxygens (including phenoxy) is 1. The molecule has 17 heavy (non-hydrogen) atoms. The fourth-order valence-electron chi connectivity index (χ4n) is 3.08. The van der Waals surface area contributed by atoms with Crippen LogP contribution in [0.4, 0.5) is 0 Å². The lowest BCUT2D eigenvalue weighted by Gasteiger charge is -2.37. The number of methoxy groups -OCH3 is 1. The molecule has 0 aromatic carbocycles. The molecule has 0 radical (unpaired) electrons. The molecular formula is C13H26N2O2. The Bertz CT molecular complexity index is 246. The van der Waals surface area contributed by atoms with Crippen LogP contribution in [0.2, 0.25) is 0 Å². The fourth-order valence-corrected chi connectivity index (χ4v) is 3.08. The van der Waals surface area contributed by atoms with Crippen LogP contribution in [-0.2, 0) is 4.74 Å². The summed E-state index contributed by atoms with van der Waals surface area (Å²) in [5, 5.41) is 13.3. The molecule has 0 spiro atoms. The maximum atomic E-state index is 9.78. The van der Waals surface area contributed by atoms with Gasteiger partial charge >= 0.3 is 0 Å². The van der Waals surface area contributed by atoms with Crippen molar-refractivity contribution < 1.29 is 9.84 Å². The standard InChI is InChI=1S/C13H26N2O2/c1-3-14-13(10-16,11-4-5-11)9-15-7-6-12(8-15)17-2/h11-12,14,16H,3-10H2,1-2H3. The molecule has 0 amide bonds. The third-order valence-corrected chi connectivity index (χ3v) is 4.24. The Labute approximate surface area is 104 Å². The van der Waals surface area contributed by atoms with Crippen molar-refractivity contribution in [3.63, 3.8) is 0 Å². The van der Waals surface area contributed by atoms with Crippen molar-refractivity contribution >= 4 is 0 Å². The Hall–Kier alpha value is -0.160. The van der Waals surface area contributed by atoms with E-state index in [0.717, 1.165) is 32.6 Å². The van der Waals surface area contributed by atoms with Gasteiger partial charge in [-0.1, -0.05) is 6.92 Å². The van der Waals surface area contributed by atoms with Crippen molar-refractivity contribution in [2.24, 2.45) is 5.92 Å². The number of aliphatic hydroxyl groups is 1. The van der Waals surface area contributed by atoms with Crippen LogP contribution in [0.5, 0.6) is 0 Å². The molecule has 0 aromatic heterocycles. The van der Waals surface area contributed by atoms with Crippen molar-refractivity contribution in [2.45, 2.75) is 37.8 Å². The van der Waals surface area contributed by atoms with Gasteiger partial charge in [0.15, 0.2) is 0 Å². The second kappa shape index (κ2) is 5.65. The van der Waals surface area contributed by atoms with Crippen molar-refractivity contribution in [2.75, 3.05) is 39.9 Å². The Balaban J connectivity index is 1.93. The lowest BCUT2D eigenvalue weighted by Crippen LogP contribution is -2.57. The van der Waals surface area contributed by atoms with Gasteiger partial charge in [0.1, 0.15) is 0 Å². The molecule has 0 aromatic rings. The van der Waals surface area contributed by atoms with Gasteiger partial charge in [0, 0.05) is 26.7 Å². The van der Waals surface area contributed by atoms with E-state index in [1.165, 1.54) is 12.8 Å². The topological polar surface area (TPSA) is 44.7 Å². The van der Waals surface area contributed by atoms with Gasteiger partial charge < -0.3 is 15.2 Å². The number of nitrogens with one attached hydrogen (secondary N) is 1. The van der Waals surface area contributed by atoms with Crippen LogP contribution in [0, 0.1) is 5.92 Å². The molecule has 4 nitrogen and oxygen atoms in total. The highest BCUT2D eigenvalue weighted by Crippen LogP contribution is 2.40. The van der Waals surface area contributed by atoms with E-state index < -0.39 is 0 Å². The molecule has 1 saturated carbocycles. The van der Waals surface area contributed by atoms with Crippen LogP contribution in [0.3, 0.4) is 0 Å². The van der Waals surface area contributed by atoms with Crippen LogP contribution in [0.15, 0.2) is 0 Å². The molecule has 2 atom stereocenters. The second-order valence-corrected chi connectivity index (χ2v) is 5.50. The predicted octanol–water partition coefficient (Wildman–Crippen LogP) is 0.458. The van der Waals surface area contributed by atoms with E-state index in [1.54, 1.807) is 7.11 Å². The lowest BCUT2D eigenvalue weighted by molar-refractivity contribution is 0.0801. The number of nitrogens with zero attached hydrogens (tertiary/aromatic N) is 1. The van der Waals surface area contributed by atoms with E-state index >= 15 is 0 Å². The second-order valence-electron chi connectivity index (χ2n) is 5.50. The summed E-state index contributed by atoms with van der Waals surface area (Å²) < 4.78 is 5.40. The maximum Gasteiger partial charge on any atom is 0.0710 e. The fraction of sp³-hybridized carbons (Fsp3) is 1.00. The SMILES string of the molecule is CCNC(CO)(CN1CCC(OC)C1)C1CC1. The summed E-state index contributed by atoms with van der Waals surface area (Å²) in [4.78, 5) is 2.44. The Morgan fingerprint density at radius 2 is 2.18 bits per heavy atom. The predicted molar refractivity (Wildman–Crippen MR) is 68.1 cm³/mol. The van der Waals surface area contributed by atoms with Crippen molar-refractivity contribution in [3.8, 4) is 0 Å². The van der Waals surface area contributed by atoms with Gasteiger partial charge in [-0.2, -0.15) is 0 Å². The number of likely N-dealkylation sites (N-methyl/N-ethyl adjacent to an activating group) is 1. The van der Waals surface area contributed by atoms with E-state index in [-0.39, 0.29) is 12.1 Å². The highest BCUT2D eigenvalue weighted by atomic mass is 16.5. The lowest BCUT2D eigenvalue weighted by atomic mass is 9.93. The minimum Gasteiger partial charge on any atom is -0.394 e. The normalized spacial score (nSPS) is 29.5. The molecule has 2 fully saturated rings. The Kier molecular flexibility index (Phi) is 4.42. The first kappa shape index (κ1) is 13.3. The van der Waals surface area contributed by atoms with Crippen molar-refractivity contribution in [1.82, 2.24) is 10.2 Å². The molecule has 1 aliphatic heterocycles. The highest BCUT2D eigenvalue weighted by Gasteiger charge is 2.45. The van der Waals surface area contributed by atoms with Gasteiger partial charge in [0.2, 0.25) is 0 Å². The van der Waals surface area contributed by atoms with Gasteiger partial charge in [0.25, 0.3) is 0 Å². The summed E-state index contributed by atoms with van der Waals surface area (Å²) in [5.41, 5.74) is -0.0720. The van der Waals surface area contributed by atoms with Crippen LogP contribution >= 0.6 is 0 Å². The van der Waals surface area contributed by atoms with E-state index in [1.807, 2.05) is 0 Å². The molecule has 1 saturated heterocycles. The molecule has 4 heteroatoms. The summed E-state index contributed by atoms with van der Waals surface area (Å²) in [6.07, 6.45) is 4.02. The first-order chi connectivity index (χ1) is 8.24. The monoisotopic (exact) mass is 242 g/mol. The summed E-state index contributed by atoms with van der Waals surface area (Å²) in [7, 11) is 1.79. The summed E-state index contributed by atoms with van der Waals surface area (Å²) in [6.45, 7) is 6.36. The first-order valence-corrected chi connectivity index (χ1v) is 6.85. The van der Waals surface area contributed by atoms with Gasteiger partial charge in [0.05, 0.1) is 18.2 Å². The molecule has 100 valence electrons. The van der Waals surface area contributed by atoms with Gasteiger partial charge in [-0.15, -0.1) is 0 Å². The number of likely N-dealkylation sites (tertiary alicyclic amines) is 1. The quantitative estimate of drug-likeness (QED) is 0.681. The van der Waals surface area contributed by atoms with Crippen molar-refractivity contribution in [1.29, 1.82) is 0 Å². The average Bonchev–Trinajstić information content (AvgIpc) is 3.10. The molecule has 2 N–H and O–H groups in total. The first-order valence-electron chi connectivity index (χ1n) is 6.85. The van der Waals surface area contributed by atoms with Crippen molar-refractivity contribution in [3.05, 3.63) is 0 Å². The number of aliphatic hydroxyl groups excluding tert-OH is 1. The number of hydrogen-bond donors (Lipinski definition) is 2. The summed E-state index contributed by atoms with van der Waals surface area (Å²) >= 11 is 0. The molecule has 2 unspecified atom stereocenters. The molecule has 2 aliphatic rings. The highest BCUT2D eigenvalue weighted by molar-refractivity contribution is 5.03. The molecule has 1 heterocycles. The third-order valence-electron chi connectivity index (χ3n) is 4.24. The number of hydrogen-bond acceptors (Lipinski definition) is 4. The summed E-state index contributed by atoms with van der Waals surface area (Å²) in [6, 6.07) is 0. The minimum atomic E-state index is -0.0720. The van der Waals surface area contributed by atoms with E-state index in [0.29, 0.717) is 12.0 Å². The van der Waals surface area contributed by atoms with E-state index in [9.17, 15) is 5.11 Å². The summed E-state index contributed by atoms with van der Waals surface area (Å²) in [5.74, 6) is 0.661. The molecule has 1 aliphatic carbocycles. The largest absolute Gasteiger partial charge is 0.394 e. The zero-order valence-corrected chi connectivity index (χ0v) is 11.1. The van der Waals surface area contributed by atoms with E-state index in [4.69, 9.17) is 4.74 Å². The van der Waals surface area contributed by atoms with Crippen LogP contribution in [0.25, 0.3) is 0 Å². The van der Waals surface area contributed by atoms with Gasteiger partial charge in [-0.25, -0.2) is 0 Å². The van der Waals surface area contributed by atoms with Gasteiger partial charge in [-0.05, 0) is 31.7 Å². The molecular weight excluding hydrogens is 216 g/mol. The number of rotatable bonds is 7. The molecule has 2 rings (SSSR count). The van der Waals surface area contributed by atoms with E-state index in [2.05, 4.69) is 17.1 Å². The maximum absolute atomic E-state index is 9.78. The third kappa shape index (κ3) is 2.99.